The Morgan fingerprint density at radius 1 is 1.31 bits per heavy atom. The third-order valence-corrected chi connectivity index (χ3v) is 7.18. The molecule has 1 atom stereocenters. The predicted octanol–water partition coefficient (Wildman–Crippen LogP) is 3.28. The van der Waals surface area contributed by atoms with Crippen LogP contribution in [-0.4, -0.2) is 58.6 Å². The zero-order valence-electron chi connectivity index (χ0n) is 16.6. The molecule has 1 saturated carbocycles. The molecule has 2 N–H and O–H groups in total. The number of carbonyl (C=O) groups is 1. The lowest BCUT2D eigenvalue weighted by Gasteiger charge is -2.35. The molecule has 2 heterocycles. The van der Waals surface area contributed by atoms with E-state index in [0.717, 1.165) is 49.3 Å². The monoisotopic (exact) mass is 438 g/mol. The summed E-state index contributed by atoms with van der Waals surface area (Å²) in [5, 5.41) is 28.7. The van der Waals surface area contributed by atoms with Crippen molar-refractivity contribution in [3.8, 4) is 0 Å². The van der Waals surface area contributed by atoms with Crippen LogP contribution in [0.2, 0.25) is 0 Å². The number of fused-ring (bicyclic) bond motifs is 1. The number of urea groups is 1. The largest absolute Gasteiger partial charge is 0.343 e. The summed E-state index contributed by atoms with van der Waals surface area (Å²) < 4.78 is 4.82. The number of rotatable bonds is 3. The predicted molar refractivity (Wildman–Crippen MR) is 113 cm³/mol. The minimum absolute atomic E-state index is 0.0943. The van der Waals surface area contributed by atoms with Crippen molar-refractivity contribution in [3.63, 3.8) is 0 Å². The van der Waals surface area contributed by atoms with E-state index in [-0.39, 0.29) is 6.04 Å². The molecule has 0 aromatic carbocycles. The second-order valence-corrected chi connectivity index (χ2v) is 10.6. The SMILES string of the molecule is CC1(C)SC(=S)N(N=C2CCCc3nonc32)C1N(O)C(=O)NC1CCCCC1. The molecule has 29 heavy (non-hydrogen) atoms. The number of nitrogens with one attached hydrogen (secondary N) is 1. The van der Waals surface area contributed by atoms with Crippen molar-refractivity contribution in [2.24, 2.45) is 5.10 Å². The van der Waals surface area contributed by atoms with Gasteiger partial charge in [0.05, 0.1) is 10.5 Å². The standard InChI is InChI=1S/C18H26N6O3S2/c1-18(2)15(24(26)16(25)19-11-7-4-3-5-8-11)23(17(28)29-18)20-12-9-6-10-13-14(12)22-27-21-13/h11,15,26H,3-10H2,1-2H3,(H,19,25). The van der Waals surface area contributed by atoms with Crippen molar-refractivity contribution in [3.05, 3.63) is 11.4 Å². The van der Waals surface area contributed by atoms with Gasteiger partial charge in [-0.15, -0.1) is 0 Å². The van der Waals surface area contributed by atoms with E-state index in [0.29, 0.717) is 22.1 Å². The molecule has 1 saturated heterocycles. The lowest BCUT2D eigenvalue weighted by atomic mass is 9.96. The van der Waals surface area contributed by atoms with Crippen molar-refractivity contribution in [1.82, 2.24) is 25.7 Å². The Labute approximate surface area is 179 Å². The second kappa shape index (κ2) is 8.19. The van der Waals surface area contributed by atoms with E-state index in [4.69, 9.17) is 21.9 Å². The van der Waals surface area contributed by atoms with Crippen LogP contribution in [0.25, 0.3) is 0 Å². The number of thiocarbonyl (C=S) groups is 1. The summed E-state index contributed by atoms with van der Waals surface area (Å²) in [5.74, 6) is 0. The summed E-state index contributed by atoms with van der Waals surface area (Å²) >= 11 is 6.94. The maximum Gasteiger partial charge on any atom is 0.343 e. The molecule has 2 aliphatic carbocycles. The molecular formula is C18H26N6O3S2. The van der Waals surface area contributed by atoms with Gasteiger partial charge >= 0.3 is 6.03 Å². The molecule has 1 aliphatic heterocycles. The molecule has 0 spiro atoms. The fraction of sp³-hybridized carbons (Fsp3) is 0.722. The van der Waals surface area contributed by atoms with E-state index in [1.54, 1.807) is 5.01 Å². The Bertz CT molecular complexity index is 820. The topological polar surface area (TPSA) is 107 Å². The maximum absolute atomic E-state index is 12.8. The summed E-state index contributed by atoms with van der Waals surface area (Å²) in [6.45, 7) is 3.88. The highest BCUT2D eigenvalue weighted by molar-refractivity contribution is 8.24. The summed E-state index contributed by atoms with van der Waals surface area (Å²) in [7, 11) is 0. The molecule has 2 amide bonds. The average molecular weight is 439 g/mol. The van der Waals surface area contributed by atoms with Crippen molar-refractivity contribution >= 4 is 40.0 Å². The van der Waals surface area contributed by atoms with Crippen LogP contribution in [0, 0.1) is 0 Å². The maximum atomic E-state index is 12.8. The Morgan fingerprint density at radius 3 is 2.83 bits per heavy atom. The third kappa shape index (κ3) is 4.13. The van der Waals surface area contributed by atoms with Crippen LogP contribution >= 0.6 is 24.0 Å². The van der Waals surface area contributed by atoms with Crippen LogP contribution in [0.1, 0.15) is 70.2 Å². The minimum atomic E-state index is -0.735. The molecule has 0 radical (unpaired) electrons. The van der Waals surface area contributed by atoms with Crippen LogP contribution in [0.5, 0.6) is 0 Å². The summed E-state index contributed by atoms with van der Waals surface area (Å²) in [5.41, 5.74) is 2.11. The van der Waals surface area contributed by atoms with Gasteiger partial charge in [0.1, 0.15) is 5.69 Å². The Hall–Kier alpha value is -1.72. The Morgan fingerprint density at radius 2 is 2.07 bits per heavy atom. The van der Waals surface area contributed by atoms with Crippen molar-refractivity contribution in [2.75, 3.05) is 0 Å². The van der Waals surface area contributed by atoms with Crippen LogP contribution in [0.15, 0.2) is 9.73 Å². The summed E-state index contributed by atoms with van der Waals surface area (Å²) in [6.07, 6.45) is 6.91. The molecule has 158 valence electrons. The highest BCUT2D eigenvalue weighted by Gasteiger charge is 2.50. The first kappa shape index (κ1) is 20.5. The van der Waals surface area contributed by atoms with E-state index in [1.165, 1.54) is 18.2 Å². The van der Waals surface area contributed by atoms with E-state index >= 15 is 0 Å². The van der Waals surface area contributed by atoms with Gasteiger partial charge in [-0.3, -0.25) is 5.21 Å². The number of hydrazone groups is 1. The highest BCUT2D eigenvalue weighted by Crippen LogP contribution is 2.43. The lowest BCUT2D eigenvalue weighted by molar-refractivity contribution is -0.119. The van der Waals surface area contributed by atoms with Gasteiger partial charge in [-0.1, -0.05) is 48.4 Å². The Balaban J connectivity index is 1.57. The van der Waals surface area contributed by atoms with Gasteiger partial charge in [-0.05, 0) is 51.1 Å². The quantitative estimate of drug-likeness (QED) is 0.421. The average Bonchev–Trinajstić information content (AvgIpc) is 3.25. The summed E-state index contributed by atoms with van der Waals surface area (Å²) in [4.78, 5) is 12.8. The number of aryl methyl sites for hydroxylation is 1. The smallest absolute Gasteiger partial charge is 0.333 e. The fourth-order valence-electron chi connectivity index (χ4n) is 4.17. The number of amides is 2. The van der Waals surface area contributed by atoms with Gasteiger partial charge in [0.2, 0.25) is 0 Å². The first-order valence-corrected chi connectivity index (χ1v) is 11.3. The molecular weight excluding hydrogens is 412 g/mol. The van der Waals surface area contributed by atoms with E-state index in [9.17, 15) is 10.0 Å². The zero-order chi connectivity index (χ0) is 20.6. The van der Waals surface area contributed by atoms with Gasteiger partial charge in [0.15, 0.2) is 16.2 Å². The molecule has 3 aliphatic rings. The van der Waals surface area contributed by atoms with E-state index in [1.807, 2.05) is 13.8 Å². The number of nitrogens with zero attached hydrogens (tertiary/aromatic N) is 5. The van der Waals surface area contributed by atoms with Gasteiger partial charge < -0.3 is 5.32 Å². The van der Waals surface area contributed by atoms with Gasteiger partial charge in [-0.2, -0.15) is 10.2 Å². The second-order valence-electron chi connectivity index (χ2n) is 8.28. The first-order chi connectivity index (χ1) is 13.9. The van der Waals surface area contributed by atoms with Crippen LogP contribution < -0.4 is 5.32 Å². The van der Waals surface area contributed by atoms with Crippen LogP contribution in [0.4, 0.5) is 4.79 Å². The first-order valence-electron chi connectivity index (χ1n) is 10.1. The number of hydroxylamine groups is 2. The molecule has 4 rings (SSSR count). The normalized spacial score (nSPS) is 25.9. The van der Waals surface area contributed by atoms with Gasteiger partial charge in [0, 0.05) is 6.04 Å². The molecule has 11 heteroatoms. The molecule has 1 aromatic rings. The van der Waals surface area contributed by atoms with E-state index < -0.39 is 16.9 Å². The number of aromatic nitrogens is 2. The number of thioether (sulfide) groups is 1. The third-order valence-electron chi connectivity index (χ3n) is 5.65. The van der Waals surface area contributed by atoms with Crippen LogP contribution in [0.3, 0.4) is 0 Å². The van der Waals surface area contributed by atoms with E-state index in [2.05, 4.69) is 15.6 Å². The molecule has 1 aromatic heterocycles. The van der Waals surface area contributed by atoms with Crippen molar-refractivity contribution < 1.29 is 14.6 Å². The zero-order valence-corrected chi connectivity index (χ0v) is 18.3. The summed E-state index contributed by atoms with van der Waals surface area (Å²) in [6, 6.07) is -0.421. The van der Waals surface area contributed by atoms with Crippen LogP contribution in [-0.2, 0) is 6.42 Å². The lowest BCUT2D eigenvalue weighted by Crippen LogP contribution is -2.57. The molecule has 1 unspecified atom stereocenters. The number of hydrogen-bond acceptors (Lipinski definition) is 8. The highest BCUT2D eigenvalue weighted by atomic mass is 32.2. The fourth-order valence-corrected chi connectivity index (χ4v) is 5.94. The molecule has 0 bridgehead atoms. The van der Waals surface area contributed by atoms with Gasteiger partial charge in [-0.25, -0.2) is 14.4 Å². The van der Waals surface area contributed by atoms with Crippen molar-refractivity contribution in [2.45, 2.75) is 82.2 Å². The van der Waals surface area contributed by atoms with Crippen molar-refractivity contribution in [1.29, 1.82) is 0 Å². The number of carbonyl (C=O) groups excluding carboxylic acids is 1. The minimum Gasteiger partial charge on any atom is -0.333 e. The molecule has 2 fully saturated rings. The molecule has 9 nitrogen and oxygen atoms in total. The Kier molecular flexibility index (Phi) is 5.80. The van der Waals surface area contributed by atoms with Gasteiger partial charge in [0.25, 0.3) is 0 Å². The number of hydrogen-bond donors (Lipinski definition) is 2.